The second kappa shape index (κ2) is 8.82. The first kappa shape index (κ1) is 19.8. The molecule has 0 unspecified atom stereocenters. The van der Waals surface area contributed by atoms with Crippen LogP contribution in [0.5, 0.6) is 11.5 Å². The standard InChI is InChI=1S/C21H21F2NO4/c1-27-17-9-5-8-16(19(17)28-21(22)23)20(26)24-12-10-15(11-13-24)18(25)14-6-3-2-4-7-14/h2-9,15,21H,10-13H2,1H3. The van der Waals surface area contributed by atoms with Crippen molar-refractivity contribution < 1.29 is 27.8 Å². The maximum absolute atomic E-state index is 12.9. The SMILES string of the molecule is COc1cccc(C(=O)N2CCC(C(=O)c3ccccc3)CC2)c1OC(F)F. The molecule has 1 aliphatic rings. The first-order valence-electron chi connectivity index (χ1n) is 9.01. The molecule has 1 aliphatic heterocycles. The number of benzene rings is 2. The number of piperidine rings is 1. The molecule has 0 atom stereocenters. The number of halogens is 2. The number of hydrogen-bond acceptors (Lipinski definition) is 4. The van der Waals surface area contributed by atoms with Crippen molar-refractivity contribution in [3.8, 4) is 11.5 Å². The number of carbonyl (C=O) groups excluding carboxylic acids is 2. The van der Waals surface area contributed by atoms with Gasteiger partial charge in [-0.2, -0.15) is 8.78 Å². The molecule has 148 valence electrons. The van der Waals surface area contributed by atoms with Crippen LogP contribution in [0.2, 0.25) is 0 Å². The largest absolute Gasteiger partial charge is 0.493 e. The van der Waals surface area contributed by atoms with E-state index in [0.29, 0.717) is 31.5 Å². The van der Waals surface area contributed by atoms with Crippen LogP contribution in [0, 0.1) is 5.92 Å². The lowest BCUT2D eigenvalue weighted by Gasteiger charge is -2.32. The van der Waals surface area contributed by atoms with Gasteiger partial charge in [-0.3, -0.25) is 9.59 Å². The van der Waals surface area contributed by atoms with Crippen molar-refractivity contribution in [1.29, 1.82) is 0 Å². The van der Waals surface area contributed by atoms with Crippen LogP contribution in [0.4, 0.5) is 8.78 Å². The van der Waals surface area contributed by atoms with Crippen LogP contribution in [0.15, 0.2) is 48.5 Å². The van der Waals surface area contributed by atoms with E-state index in [1.54, 1.807) is 23.1 Å². The Bertz CT molecular complexity index is 834. The highest BCUT2D eigenvalue weighted by Gasteiger charge is 2.30. The number of rotatable bonds is 6. The molecule has 2 aromatic carbocycles. The van der Waals surface area contributed by atoms with Gasteiger partial charge >= 0.3 is 6.61 Å². The lowest BCUT2D eigenvalue weighted by atomic mass is 9.88. The lowest BCUT2D eigenvalue weighted by Crippen LogP contribution is -2.40. The minimum atomic E-state index is -3.07. The molecular formula is C21H21F2NO4. The average molecular weight is 389 g/mol. The summed E-state index contributed by atoms with van der Waals surface area (Å²) in [6.07, 6.45) is 1.04. The highest BCUT2D eigenvalue weighted by Crippen LogP contribution is 2.34. The number of likely N-dealkylation sites (tertiary alicyclic amines) is 1. The van der Waals surface area contributed by atoms with Crippen LogP contribution in [0.1, 0.15) is 33.6 Å². The zero-order valence-corrected chi connectivity index (χ0v) is 15.4. The second-order valence-electron chi connectivity index (χ2n) is 6.51. The van der Waals surface area contributed by atoms with Crippen molar-refractivity contribution in [2.24, 2.45) is 5.92 Å². The number of Topliss-reactive ketones (excluding diaryl/α,β-unsaturated/α-hetero) is 1. The summed E-state index contributed by atoms with van der Waals surface area (Å²) in [6, 6.07) is 13.5. The molecule has 0 N–H and O–H groups in total. The first-order valence-corrected chi connectivity index (χ1v) is 9.01. The van der Waals surface area contributed by atoms with Crippen LogP contribution >= 0.6 is 0 Å². The van der Waals surface area contributed by atoms with Crippen LogP contribution in [0.3, 0.4) is 0 Å². The fourth-order valence-corrected chi connectivity index (χ4v) is 3.41. The monoisotopic (exact) mass is 389 g/mol. The number of hydrogen-bond donors (Lipinski definition) is 0. The Balaban J connectivity index is 1.71. The molecular weight excluding hydrogens is 368 g/mol. The van der Waals surface area contributed by atoms with Gasteiger partial charge in [0.05, 0.1) is 12.7 Å². The van der Waals surface area contributed by atoms with Crippen LogP contribution in [-0.4, -0.2) is 43.4 Å². The highest BCUT2D eigenvalue weighted by atomic mass is 19.3. The molecule has 0 saturated carbocycles. The summed E-state index contributed by atoms with van der Waals surface area (Å²) in [4.78, 5) is 27.0. The Labute approximate surface area is 161 Å². The molecule has 0 spiro atoms. The number of para-hydroxylation sites is 1. The summed E-state index contributed by atoms with van der Waals surface area (Å²) in [7, 11) is 1.32. The number of nitrogens with zero attached hydrogens (tertiary/aromatic N) is 1. The minimum absolute atomic E-state index is 0.0208. The molecule has 7 heteroatoms. The molecule has 0 bridgehead atoms. The van der Waals surface area contributed by atoms with Crippen molar-refractivity contribution in [3.63, 3.8) is 0 Å². The Hall–Kier alpha value is -2.96. The van der Waals surface area contributed by atoms with Gasteiger partial charge in [0.2, 0.25) is 0 Å². The van der Waals surface area contributed by atoms with Gasteiger partial charge in [-0.25, -0.2) is 0 Å². The van der Waals surface area contributed by atoms with Crippen molar-refractivity contribution in [2.75, 3.05) is 20.2 Å². The zero-order valence-electron chi connectivity index (χ0n) is 15.4. The molecule has 5 nitrogen and oxygen atoms in total. The third-order valence-electron chi connectivity index (χ3n) is 4.85. The summed E-state index contributed by atoms with van der Waals surface area (Å²) in [6.45, 7) is -2.34. The molecule has 0 radical (unpaired) electrons. The van der Waals surface area contributed by atoms with Gasteiger partial charge in [0.1, 0.15) is 0 Å². The summed E-state index contributed by atoms with van der Waals surface area (Å²) in [5, 5.41) is 0. The second-order valence-corrected chi connectivity index (χ2v) is 6.51. The maximum atomic E-state index is 12.9. The van der Waals surface area contributed by atoms with E-state index in [0.717, 1.165) is 0 Å². The Morgan fingerprint density at radius 1 is 1.04 bits per heavy atom. The van der Waals surface area contributed by atoms with Crippen molar-refractivity contribution in [3.05, 3.63) is 59.7 Å². The fourth-order valence-electron chi connectivity index (χ4n) is 3.41. The van der Waals surface area contributed by atoms with Gasteiger partial charge in [0.25, 0.3) is 5.91 Å². The first-order chi connectivity index (χ1) is 13.5. The lowest BCUT2D eigenvalue weighted by molar-refractivity contribution is -0.0516. The van der Waals surface area contributed by atoms with Gasteiger partial charge in [-0.1, -0.05) is 36.4 Å². The molecule has 0 aliphatic carbocycles. The molecule has 28 heavy (non-hydrogen) atoms. The molecule has 1 fully saturated rings. The predicted molar refractivity (Wildman–Crippen MR) is 99.0 cm³/mol. The van der Waals surface area contributed by atoms with E-state index in [-0.39, 0.29) is 28.8 Å². The summed E-state index contributed by atoms with van der Waals surface area (Å²) >= 11 is 0. The Morgan fingerprint density at radius 3 is 2.32 bits per heavy atom. The number of ketones is 1. The molecule has 1 saturated heterocycles. The highest BCUT2D eigenvalue weighted by molar-refractivity contribution is 5.99. The average Bonchev–Trinajstić information content (AvgIpc) is 2.73. The summed E-state index contributed by atoms with van der Waals surface area (Å²) in [5.41, 5.74) is 0.681. The number of ether oxygens (including phenoxy) is 2. The van der Waals surface area contributed by atoms with Gasteiger partial charge in [-0.15, -0.1) is 0 Å². The smallest absolute Gasteiger partial charge is 0.387 e. The van der Waals surface area contributed by atoms with Crippen LogP contribution < -0.4 is 9.47 Å². The van der Waals surface area contributed by atoms with Crippen LogP contribution in [0.25, 0.3) is 0 Å². The van der Waals surface area contributed by atoms with Gasteiger partial charge in [-0.05, 0) is 25.0 Å². The van der Waals surface area contributed by atoms with Crippen LogP contribution in [-0.2, 0) is 0 Å². The van der Waals surface area contributed by atoms with Crippen molar-refractivity contribution in [2.45, 2.75) is 19.5 Å². The predicted octanol–water partition coefficient (Wildman–Crippen LogP) is 4.03. The quantitative estimate of drug-likeness (QED) is 0.700. The van der Waals surface area contributed by atoms with E-state index in [1.165, 1.54) is 19.2 Å². The van der Waals surface area contributed by atoms with Crippen molar-refractivity contribution >= 4 is 11.7 Å². The van der Waals surface area contributed by atoms with E-state index in [1.807, 2.05) is 18.2 Å². The van der Waals surface area contributed by atoms with E-state index in [2.05, 4.69) is 4.74 Å². The van der Waals surface area contributed by atoms with E-state index >= 15 is 0 Å². The molecule has 3 rings (SSSR count). The number of amides is 1. The minimum Gasteiger partial charge on any atom is -0.493 e. The van der Waals surface area contributed by atoms with Gasteiger partial charge in [0, 0.05) is 24.6 Å². The molecule has 1 amide bonds. The number of carbonyl (C=O) groups is 2. The summed E-state index contributed by atoms with van der Waals surface area (Å²) in [5.74, 6) is -0.711. The topological polar surface area (TPSA) is 55.8 Å². The Morgan fingerprint density at radius 2 is 1.71 bits per heavy atom. The molecule has 0 aromatic heterocycles. The maximum Gasteiger partial charge on any atom is 0.387 e. The number of methoxy groups -OCH3 is 1. The van der Waals surface area contributed by atoms with E-state index in [9.17, 15) is 18.4 Å². The zero-order chi connectivity index (χ0) is 20.1. The van der Waals surface area contributed by atoms with Crippen molar-refractivity contribution in [1.82, 2.24) is 4.90 Å². The normalized spacial score (nSPS) is 14.8. The Kier molecular flexibility index (Phi) is 6.23. The number of alkyl halides is 2. The van der Waals surface area contributed by atoms with Gasteiger partial charge < -0.3 is 14.4 Å². The summed E-state index contributed by atoms with van der Waals surface area (Å²) < 4.78 is 35.2. The molecule has 1 heterocycles. The van der Waals surface area contributed by atoms with E-state index < -0.39 is 12.5 Å². The third-order valence-corrected chi connectivity index (χ3v) is 4.85. The van der Waals surface area contributed by atoms with Gasteiger partial charge in [0.15, 0.2) is 17.3 Å². The van der Waals surface area contributed by atoms with E-state index in [4.69, 9.17) is 4.74 Å². The fraction of sp³-hybridized carbons (Fsp3) is 0.333. The third kappa shape index (κ3) is 4.30. The molecule has 2 aromatic rings.